The molecule has 22 heavy (non-hydrogen) atoms. The number of rotatable bonds is 7. The first-order valence-electron chi connectivity index (χ1n) is 7.03. The van der Waals surface area contributed by atoms with Crippen LogP contribution in [0.2, 0.25) is 5.02 Å². The van der Waals surface area contributed by atoms with Crippen LogP contribution in [0.3, 0.4) is 0 Å². The lowest BCUT2D eigenvalue weighted by molar-refractivity contribution is -0.130. The molecule has 2 aromatic rings. The minimum absolute atomic E-state index is 0.00788. The molecule has 1 aromatic carbocycles. The van der Waals surface area contributed by atoms with E-state index in [9.17, 15) is 4.79 Å². The molecule has 6 nitrogen and oxygen atoms in total. The number of benzene rings is 1. The number of halogens is 1. The van der Waals surface area contributed by atoms with Crippen molar-refractivity contribution in [1.29, 1.82) is 0 Å². The Morgan fingerprint density at radius 2 is 2.09 bits per heavy atom. The zero-order valence-corrected chi connectivity index (χ0v) is 13.1. The first-order valence-corrected chi connectivity index (χ1v) is 7.41. The van der Waals surface area contributed by atoms with Crippen LogP contribution in [0, 0.1) is 0 Å². The van der Waals surface area contributed by atoms with Crippen LogP contribution >= 0.6 is 11.6 Å². The molecular weight excluding hydrogens is 306 g/mol. The molecule has 1 aromatic heterocycles. The van der Waals surface area contributed by atoms with Crippen molar-refractivity contribution in [2.24, 2.45) is 0 Å². The van der Waals surface area contributed by atoms with Gasteiger partial charge in [-0.25, -0.2) is 0 Å². The number of carbonyl (C=O) groups excluding carboxylic acids is 1. The second kappa shape index (κ2) is 7.91. The number of amides is 1. The summed E-state index contributed by atoms with van der Waals surface area (Å²) >= 11 is 5.83. The van der Waals surface area contributed by atoms with E-state index < -0.39 is 0 Å². The highest BCUT2D eigenvalue weighted by Gasteiger charge is 2.11. The molecule has 118 valence electrons. The van der Waals surface area contributed by atoms with Crippen molar-refractivity contribution in [1.82, 2.24) is 15.0 Å². The van der Waals surface area contributed by atoms with Crippen molar-refractivity contribution < 1.29 is 14.4 Å². The van der Waals surface area contributed by atoms with Crippen molar-refractivity contribution in [3.63, 3.8) is 0 Å². The maximum Gasteiger partial charge on any atom is 0.226 e. The van der Waals surface area contributed by atoms with Crippen LogP contribution < -0.4 is 0 Å². The molecule has 0 radical (unpaired) electrons. The lowest BCUT2D eigenvalue weighted by Crippen LogP contribution is -2.29. The van der Waals surface area contributed by atoms with Crippen LogP contribution in [-0.2, 0) is 11.2 Å². The van der Waals surface area contributed by atoms with Gasteiger partial charge in [-0.05, 0) is 30.7 Å². The minimum atomic E-state index is -0.0314. The van der Waals surface area contributed by atoms with Crippen LogP contribution in [-0.4, -0.2) is 46.3 Å². The number of nitrogens with zero attached hydrogens (tertiary/aromatic N) is 3. The fourth-order valence-corrected chi connectivity index (χ4v) is 2.06. The van der Waals surface area contributed by atoms with Crippen LogP contribution in [0.4, 0.5) is 0 Å². The largest absolute Gasteiger partial charge is 0.395 e. The minimum Gasteiger partial charge on any atom is -0.395 e. The predicted molar refractivity (Wildman–Crippen MR) is 82.4 cm³/mol. The number of aliphatic hydroxyl groups is 1. The van der Waals surface area contributed by atoms with E-state index in [2.05, 4.69) is 10.1 Å². The summed E-state index contributed by atoms with van der Waals surface area (Å²) in [5.41, 5.74) is 0.832. The standard InChI is InChI=1S/C15H18ClN3O3/c1-19(9-10-20)14(21)4-2-3-13-17-15(18-22-13)11-5-7-12(16)8-6-11/h5-8,20H,2-4,9-10H2,1H3. The molecule has 0 unspecified atom stereocenters. The summed E-state index contributed by atoms with van der Waals surface area (Å²) in [5, 5.41) is 13.4. The fourth-order valence-electron chi connectivity index (χ4n) is 1.93. The Balaban J connectivity index is 1.85. The number of likely N-dealkylation sites (N-methyl/N-ethyl adjacent to an activating group) is 1. The third-order valence-electron chi connectivity index (χ3n) is 3.21. The number of aromatic nitrogens is 2. The molecule has 0 bridgehead atoms. The monoisotopic (exact) mass is 323 g/mol. The highest BCUT2D eigenvalue weighted by atomic mass is 35.5. The predicted octanol–water partition coefficient (Wildman–Crippen LogP) is 2.16. The average molecular weight is 324 g/mol. The summed E-state index contributed by atoms with van der Waals surface area (Å²) in [7, 11) is 1.67. The van der Waals surface area contributed by atoms with Gasteiger partial charge in [0.05, 0.1) is 6.61 Å². The Hall–Kier alpha value is -1.92. The van der Waals surface area contributed by atoms with E-state index in [0.717, 1.165) is 5.56 Å². The Kier molecular flexibility index (Phi) is 5.91. The second-order valence-corrected chi connectivity index (χ2v) is 5.35. The van der Waals surface area contributed by atoms with Gasteiger partial charge in [0.1, 0.15) is 0 Å². The summed E-state index contributed by atoms with van der Waals surface area (Å²) in [4.78, 5) is 17.5. The summed E-state index contributed by atoms with van der Waals surface area (Å²) in [6.07, 6.45) is 1.55. The molecule has 0 fully saturated rings. The first-order chi connectivity index (χ1) is 10.6. The van der Waals surface area contributed by atoms with E-state index in [1.54, 1.807) is 19.2 Å². The van der Waals surface area contributed by atoms with E-state index in [1.807, 2.05) is 12.1 Å². The van der Waals surface area contributed by atoms with Crippen molar-refractivity contribution >= 4 is 17.5 Å². The number of aliphatic hydroxyl groups excluding tert-OH is 1. The summed E-state index contributed by atoms with van der Waals surface area (Å²) in [6, 6.07) is 7.18. The average Bonchev–Trinajstić information content (AvgIpc) is 2.97. The zero-order valence-electron chi connectivity index (χ0n) is 12.3. The van der Waals surface area contributed by atoms with Crippen molar-refractivity contribution in [3.05, 3.63) is 35.2 Å². The van der Waals surface area contributed by atoms with Gasteiger partial charge in [-0.1, -0.05) is 16.8 Å². The van der Waals surface area contributed by atoms with E-state index in [-0.39, 0.29) is 12.5 Å². The molecule has 1 N–H and O–H groups in total. The molecule has 7 heteroatoms. The first kappa shape index (κ1) is 16.5. The topological polar surface area (TPSA) is 79.5 Å². The Bertz CT molecular complexity index is 613. The number of hydrogen-bond acceptors (Lipinski definition) is 5. The van der Waals surface area contributed by atoms with Gasteiger partial charge >= 0.3 is 0 Å². The summed E-state index contributed by atoms with van der Waals surface area (Å²) in [5.74, 6) is 1.00. The maximum absolute atomic E-state index is 11.7. The molecule has 1 heterocycles. The van der Waals surface area contributed by atoms with Crippen molar-refractivity contribution in [2.75, 3.05) is 20.2 Å². The SMILES string of the molecule is CN(CCO)C(=O)CCCc1nc(-c2ccc(Cl)cc2)no1. The Morgan fingerprint density at radius 1 is 1.36 bits per heavy atom. The van der Waals surface area contributed by atoms with Gasteiger partial charge in [0.2, 0.25) is 17.6 Å². The van der Waals surface area contributed by atoms with Crippen LogP contribution in [0.25, 0.3) is 11.4 Å². The fraction of sp³-hybridized carbons (Fsp3) is 0.400. The van der Waals surface area contributed by atoms with Crippen molar-refractivity contribution in [3.8, 4) is 11.4 Å². The van der Waals surface area contributed by atoms with Crippen LogP contribution in [0.1, 0.15) is 18.7 Å². The number of carbonyl (C=O) groups is 1. The summed E-state index contributed by atoms with van der Waals surface area (Å²) in [6.45, 7) is 0.316. The zero-order chi connectivity index (χ0) is 15.9. The molecule has 0 atom stereocenters. The molecule has 0 aliphatic carbocycles. The van der Waals surface area contributed by atoms with Crippen molar-refractivity contribution in [2.45, 2.75) is 19.3 Å². The summed E-state index contributed by atoms with van der Waals surface area (Å²) < 4.78 is 5.18. The Labute approximate surface area is 133 Å². The van der Waals surface area contributed by atoms with E-state index >= 15 is 0 Å². The number of aryl methyl sites for hydroxylation is 1. The molecule has 1 amide bonds. The molecule has 0 saturated heterocycles. The van der Waals surface area contributed by atoms with Gasteiger partial charge in [-0.15, -0.1) is 0 Å². The normalized spacial score (nSPS) is 10.7. The lowest BCUT2D eigenvalue weighted by Gasteiger charge is -2.14. The van der Waals surface area contributed by atoms with Gasteiger partial charge in [-0.2, -0.15) is 4.98 Å². The molecule has 2 rings (SSSR count). The van der Waals surface area contributed by atoms with Gasteiger partial charge < -0.3 is 14.5 Å². The smallest absolute Gasteiger partial charge is 0.226 e. The Morgan fingerprint density at radius 3 is 2.77 bits per heavy atom. The van der Waals surface area contributed by atoms with Crippen LogP contribution in [0.15, 0.2) is 28.8 Å². The molecule has 0 spiro atoms. The van der Waals surface area contributed by atoms with E-state index in [4.69, 9.17) is 21.2 Å². The van der Waals surface area contributed by atoms with E-state index in [1.165, 1.54) is 4.90 Å². The molecule has 0 aliphatic rings. The second-order valence-electron chi connectivity index (χ2n) is 4.91. The van der Waals surface area contributed by atoms with E-state index in [0.29, 0.717) is 42.5 Å². The van der Waals surface area contributed by atoms with Gasteiger partial charge in [0.25, 0.3) is 0 Å². The van der Waals surface area contributed by atoms with Gasteiger partial charge in [0.15, 0.2) is 0 Å². The molecular formula is C15H18ClN3O3. The highest BCUT2D eigenvalue weighted by Crippen LogP contribution is 2.19. The molecule has 0 aliphatic heterocycles. The van der Waals surface area contributed by atoms with Crippen LogP contribution in [0.5, 0.6) is 0 Å². The van der Waals surface area contributed by atoms with Gasteiger partial charge in [0, 0.05) is 37.0 Å². The van der Waals surface area contributed by atoms with Gasteiger partial charge in [-0.3, -0.25) is 4.79 Å². The quantitative estimate of drug-likeness (QED) is 0.844. The third-order valence-corrected chi connectivity index (χ3v) is 3.46. The third kappa shape index (κ3) is 4.54. The lowest BCUT2D eigenvalue weighted by atomic mass is 10.2. The number of hydrogen-bond donors (Lipinski definition) is 1. The maximum atomic E-state index is 11.7. The highest BCUT2D eigenvalue weighted by molar-refractivity contribution is 6.30. The molecule has 0 saturated carbocycles.